The molecule has 1 atom stereocenters. The lowest BCUT2D eigenvalue weighted by atomic mass is 10.2. The number of hydrogen-bond donors (Lipinski definition) is 1. The van der Waals surface area contributed by atoms with Crippen molar-refractivity contribution in [3.05, 3.63) is 17.7 Å². The van der Waals surface area contributed by atoms with Crippen LogP contribution in [0.25, 0.3) is 11.0 Å². The minimum atomic E-state index is -0.499. The Balaban J connectivity index is 1.65. The molecule has 0 radical (unpaired) electrons. The standard InChI is InChI=1S/C15H19ClN6O2/c1-15(2,3)24-14(23)22-5-4-9(7-22)20-13-17-6-10-11(21-13)12(16)19-8-18-10/h6,8-9H,4-5,7H2,1-3H3,(H,17,20,21). The van der Waals surface area contributed by atoms with Crippen LogP contribution in [0.4, 0.5) is 10.7 Å². The Morgan fingerprint density at radius 2 is 2.17 bits per heavy atom. The van der Waals surface area contributed by atoms with Gasteiger partial charge in [-0.3, -0.25) is 0 Å². The highest BCUT2D eigenvalue weighted by molar-refractivity contribution is 6.33. The van der Waals surface area contributed by atoms with E-state index in [1.54, 1.807) is 11.1 Å². The molecular weight excluding hydrogens is 332 g/mol. The minimum Gasteiger partial charge on any atom is -0.444 e. The van der Waals surface area contributed by atoms with Crippen LogP contribution >= 0.6 is 11.6 Å². The van der Waals surface area contributed by atoms with Crippen molar-refractivity contribution in [3.63, 3.8) is 0 Å². The third-order valence-electron chi connectivity index (χ3n) is 3.51. The number of fused-ring (bicyclic) bond motifs is 1. The van der Waals surface area contributed by atoms with Crippen molar-refractivity contribution < 1.29 is 9.53 Å². The molecule has 1 aliphatic rings. The zero-order valence-electron chi connectivity index (χ0n) is 13.8. The summed E-state index contributed by atoms with van der Waals surface area (Å²) in [6, 6.07) is 0.0541. The lowest BCUT2D eigenvalue weighted by Gasteiger charge is -2.24. The Hall–Kier alpha value is -2.22. The van der Waals surface area contributed by atoms with Crippen LogP contribution in [0.2, 0.25) is 5.15 Å². The molecular formula is C15H19ClN6O2. The van der Waals surface area contributed by atoms with Crippen LogP contribution in [0, 0.1) is 0 Å². The van der Waals surface area contributed by atoms with Crippen molar-refractivity contribution in [1.29, 1.82) is 0 Å². The van der Waals surface area contributed by atoms with Gasteiger partial charge >= 0.3 is 6.09 Å². The number of halogens is 1. The highest BCUT2D eigenvalue weighted by atomic mass is 35.5. The fraction of sp³-hybridized carbons (Fsp3) is 0.533. The Bertz CT molecular complexity index is 763. The molecule has 0 spiro atoms. The number of carbonyl (C=O) groups is 1. The van der Waals surface area contributed by atoms with E-state index in [-0.39, 0.29) is 17.3 Å². The molecule has 0 saturated carbocycles. The number of nitrogens with zero attached hydrogens (tertiary/aromatic N) is 5. The topological polar surface area (TPSA) is 93.1 Å². The maximum Gasteiger partial charge on any atom is 0.410 e. The summed E-state index contributed by atoms with van der Waals surface area (Å²) in [5.74, 6) is 0.440. The van der Waals surface area contributed by atoms with Crippen LogP contribution in [-0.2, 0) is 4.74 Å². The quantitative estimate of drug-likeness (QED) is 0.831. The molecule has 0 aliphatic carbocycles. The summed E-state index contributed by atoms with van der Waals surface area (Å²) in [5, 5.41) is 3.51. The lowest BCUT2D eigenvalue weighted by Crippen LogP contribution is -2.36. The summed E-state index contributed by atoms with van der Waals surface area (Å²) in [5.41, 5.74) is 0.585. The molecule has 1 saturated heterocycles. The molecule has 0 aromatic carbocycles. The van der Waals surface area contributed by atoms with Crippen molar-refractivity contribution in [2.45, 2.75) is 38.8 Å². The SMILES string of the molecule is CC(C)(C)OC(=O)N1CCC(Nc2ncc3ncnc(Cl)c3n2)C1. The molecule has 1 amide bonds. The van der Waals surface area contributed by atoms with Crippen LogP contribution in [0.3, 0.4) is 0 Å². The highest BCUT2D eigenvalue weighted by Gasteiger charge is 2.30. The number of likely N-dealkylation sites (tertiary alicyclic amines) is 1. The number of carbonyl (C=O) groups excluding carboxylic acids is 1. The second-order valence-electron chi connectivity index (χ2n) is 6.65. The molecule has 1 N–H and O–H groups in total. The second kappa shape index (κ2) is 6.35. The zero-order chi connectivity index (χ0) is 17.3. The maximum absolute atomic E-state index is 12.1. The summed E-state index contributed by atoms with van der Waals surface area (Å²) < 4.78 is 5.39. The fourth-order valence-electron chi connectivity index (χ4n) is 2.45. The number of amides is 1. The van der Waals surface area contributed by atoms with E-state index >= 15 is 0 Å². The van der Waals surface area contributed by atoms with E-state index < -0.39 is 5.60 Å². The Morgan fingerprint density at radius 3 is 2.92 bits per heavy atom. The Labute approximate surface area is 144 Å². The number of nitrogens with one attached hydrogen (secondary N) is 1. The first-order chi connectivity index (χ1) is 11.3. The first kappa shape index (κ1) is 16.6. The molecule has 1 fully saturated rings. The van der Waals surface area contributed by atoms with Crippen LogP contribution in [0.15, 0.2) is 12.5 Å². The molecule has 1 unspecified atom stereocenters. The molecule has 24 heavy (non-hydrogen) atoms. The van der Waals surface area contributed by atoms with Crippen LogP contribution in [0.5, 0.6) is 0 Å². The van der Waals surface area contributed by atoms with Gasteiger partial charge in [0.1, 0.15) is 23.0 Å². The van der Waals surface area contributed by atoms with Crippen molar-refractivity contribution >= 4 is 34.7 Å². The number of anilines is 1. The number of hydrogen-bond acceptors (Lipinski definition) is 7. The average Bonchev–Trinajstić information content (AvgIpc) is 2.95. The van der Waals surface area contributed by atoms with Gasteiger partial charge in [0.05, 0.1) is 6.20 Å². The van der Waals surface area contributed by atoms with E-state index in [1.165, 1.54) is 6.33 Å². The van der Waals surface area contributed by atoms with E-state index in [2.05, 4.69) is 25.3 Å². The van der Waals surface area contributed by atoms with Crippen molar-refractivity contribution in [2.75, 3.05) is 18.4 Å². The highest BCUT2D eigenvalue weighted by Crippen LogP contribution is 2.20. The average molecular weight is 351 g/mol. The van der Waals surface area contributed by atoms with Gasteiger partial charge in [-0.25, -0.2) is 24.7 Å². The van der Waals surface area contributed by atoms with Crippen LogP contribution in [0.1, 0.15) is 27.2 Å². The lowest BCUT2D eigenvalue weighted by molar-refractivity contribution is 0.0293. The normalized spacial score (nSPS) is 18.0. The van der Waals surface area contributed by atoms with E-state index in [1.807, 2.05) is 20.8 Å². The van der Waals surface area contributed by atoms with Gasteiger partial charge in [0.2, 0.25) is 5.95 Å². The van der Waals surface area contributed by atoms with E-state index in [0.29, 0.717) is 30.1 Å². The molecule has 128 valence electrons. The van der Waals surface area contributed by atoms with Crippen LogP contribution in [-0.4, -0.2) is 55.7 Å². The number of ether oxygens (including phenoxy) is 1. The van der Waals surface area contributed by atoms with E-state index in [9.17, 15) is 4.79 Å². The summed E-state index contributed by atoms with van der Waals surface area (Å²) in [6.07, 6.45) is 3.46. The van der Waals surface area contributed by atoms with Gasteiger partial charge in [0.25, 0.3) is 0 Å². The number of aromatic nitrogens is 4. The molecule has 9 heteroatoms. The summed E-state index contributed by atoms with van der Waals surface area (Å²) >= 11 is 6.03. The molecule has 3 heterocycles. The number of rotatable bonds is 2. The van der Waals surface area contributed by atoms with Gasteiger partial charge in [-0.1, -0.05) is 11.6 Å². The van der Waals surface area contributed by atoms with Gasteiger partial charge < -0.3 is 15.0 Å². The Kier molecular flexibility index (Phi) is 4.40. The maximum atomic E-state index is 12.1. The summed E-state index contributed by atoms with van der Waals surface area (Å²) in [4.78, 5) is 30.3. The monoisotopic (exact) mass is 350 g/mol. The molecule has 2 aromatic rings. The van der Waals surface area contributed by atoms with Gasteiger partial charge in [0.15, 0.2) is 5.15 Å². The summed E-state index contributed by atoms with van der Waals surface area (Å²) in [7, 11) is 0. The van der Waals surface area contributed by atoms with Crippen molar-refractivity contribution in [2.24, 2.45) is 0 Å². The van der Waals surface area contributed by atoms with Gasteiger partial charge in [-0.05, 0) is 27.2 Å². The molecule has 8 nitrogen and oxygen atoms in total. The minimum absolute atomic E-state index is 0.0541. The zero-order valence-corrected chi connectivity index (χ0v) is 14.5. The fourth-order valence-corrected chi connectivity index (χ4v) is 2.63. The van der Waals surface area contributed by atoms with E-state index in [0.717, 1.165) is 6.42 Å². The largest absolute Gasteiger partial charge is 0.444 e. The molecule has 2 aromatic heterocycles. The second-order valence-corrected chi connectivity index (χ2v) is 7.01. The molecule has 0 bridgehead atoms. The van der Waals surface area contributed by atoms with Crippen molar-refractivity contribution in [1.82, 2.24) is 24.8 Å². The van der Waals surface area contributed by atoms with Gasteiger partial charge in [0, 0.05) is 19.1 Å². The smallest absolute Gasteiger partial charge is 0.410 e. The van der Waals surface area contributed by atoms with E-state index in [4.69, 9.17) is 16.3 Å². The Morgan fingerprint density at radius 1 is 1.38 bits per heavy atom. The first-order valence-corrected chi connectivity index (χ1v) is 8.07. The molecule has 1 aliphatic heterocycles. The third kappa shape index (κ3) is 3.81. The van der Waals surface area contributed by atoms with Gasteiger partial charge in [-0.2, -0.15) is 0 Å². The molecule has 3 rings (SSSR count). The van der Waals surface area contributed by atoms with Crippen molar-refractivity contribution in [3.8, 4) is 0 Å². The predicted octanol–water partition coefficient (Wildman–Crippen LogP) is 2.49. The van der Waals surface area contributed by atoms with Crippen LogP contribution < -0.4 is 5.32 Å². The first-order valence-electron chi connectivity index (χ1n) is 7.69. The third-order valence-corrected chi connectivity index (χ3v) is 3.78. The predicted molar refractivity (Wildman–Crippen MR) is 90.0 cm³/mol. The van der Waals surface area contributed by atoms with Gasteiger partial charge in [-0.15, -0.1) is 0 Å². The summed E-state index contributed by atoms with van der Waals surface area (Å²) in [6.45, 7) is 6.72.